The van der Waals surface area contributed by atoms with E-state index >= 15 is 0 Å². The number of fused-ring (bicyclic) bond motifs is 8. The summed E-state index contributed by atoms with van der Waals surface area (Å²) in [7, 11) is 4.44. The van der Waals surface area contributed by atoms with Gasteiger partial charge in [-0.05, 0) is 254 Å². The molecule has 96 heavy (non-hydrogen) atoms. The van der Waals surface area contributed by atoms with Crippen molar-refractivity contribution in [3.05, 3.63) is 0 Å². The molecular weight excluding hydrogens is 1360 g/mol. The maximum Gasteiger partial charge on any atom is 0.509 e. The number of aliphatic hydroxyl groups excluding tert-OH is 1. The lowest BCUT2D eigenvalue weighted by molar-refractivity contribution is -0.373. The van der Waals surface area contributed by atoms with Gasteiger partial charge in [-0.15, -0.1) is 0 Å². The zero-order valence-electron chi connectivity index (χ0n) is 54.9. The van der Waals surface area contributed by atoms with Crippen LogP contribution in [-0.4, -0.2) is 146 Å². The minimum Gasteiger partial charge on any atom is -0.429 e. The normalized spacial score (nSPS) is 26.7. The number of alkyl halides is 15. The van der Waals surface area contributed by atoms with E-state index in [1.165, 1.54) is 12.8 Å². The molecule has 0 saturated heterocycles. The van der Waals surface area contributed by atoms with Gasteiger partial charge in [0.15, 0.2) is 41.8 Å². The van der Waals surface area contributed by atoms with Crippen LogP contribution in [0.4, 0.5) is 70.7 Å². The lowest BCUT2D eigenvalue weighted by Gasteiger charge is -2.36. The third-order valence-electron chi connectivity index (χ3n) is 18.6. The van der Waals surface area contributed by atoms with E-state index in [1.807, 2.05) is 0 Å². The molecule has 29 heteroatoms. The highest BCUT2D eigenvalue weighted by Gasteiger charge is 2.71. The molecule has 0 radical (unpaired) electrons. The lowest BCUT2D eigenvalue weighted by Crippen LogP contribution is -2.58. The zero-order chi connectivity index (χ0) is 68.4. The van der Waals surface area contributed by atoms with Crippen LogP contribution in [0.1, 0.15) is 216 Å². The van der Waals surface area contributed by atoms with Gasteiger partial charge in [-0.25, -0.2) is 4.79 Å². The van der Waals surface area contributed by atoms with Crippen LogP contribution in [-0.2, 0) is 27.2 Å². The van der Waals surface area contributed by atoms with Gasteiger partial charge in [-0.2, -0.15) is 65.9 Å². The Morgan fingerprint density at radius 3 is 0.865 bits per heavy atom. The number of ether oxygens (including phenoxy) is 2. The van der Waals surface area contributed by atoms with E-state index in [1.54, 1.807) is 49.2 Å². The molecule has 15 unspecified atom stereocenters. The Morgan fingerprint density at radius 1 is 0.406 bits per heavy atom. The Kier molecular flexibility index (Phi) is 55.3. The highest BCUT2D eigenvalue weighted by Crippen LogP contribution is 2.57. The number of aliphatic hydroxyl groups is 3. The third kappa shape index (κ3) is 39.5. The van der Waals surface area contributed by atoms with Gasteiger partial charge in [0.05, 0.1) is 0 Å². The predicted octanol–water partition coefficient (Wildman–Crippen LogP) is 21.8. The van der Waals surface area contributed by atoms with Crippen LogP contribution in [0, 0.1) is 71.0 Å². The van der Waals surface area contributed by atoms with Crippen LogP contribution in [0.25, 0.3) is 0 Å². The van der Waals surface area contributed by atoms with Crippen molar-refractivity contribution in [2.75, 3.05) is 28.4 Å². The number of hydrogen-bond acceptors (Lipinski definition) is 10. The monoisotopic (exact) mass is 1500 g/mol. The molecule has 0 aromatic heterocycles. The van der Waals surface area contributed by atoms with E-state index in [0.717, 1.165) is 77.6 Å². The first-order valence-corrected chi connectivity index (χ1v) is 42.5. The summed E-state index contributed by atoms with van der Waals surface area (Å²) in [6.07, 6.45) is -16.7. The number of hydrogen-bond donors (Lipinski definition) is 3. The zero-order valence-corrected chi connectivity index (χ0v) is 59.5. The molecule has 8 bridgehead atoms. The molecule has 8 rings (SSSR count). The summed E-state index contributed by atoms with van der Waals surface area (Å²) in [6, 6.07) is 0. The fourth-order valence-electron chi connectivity index (χ4n) is 13.3. The Labute approximate surface area is 580 Å². The molecule has 590 valence electrons. The first-order chi connectivity index (χ1) is 39.9. The van der Waals surface area contributed by atoms with E-state index < -0.39 is 115 Å². The Morgan fingerprint density at radius 2 is 0.667 bits per heavy atom. The van der Waals surface area contributed by atoms with Gasteiger partial charge in [-0.1, -0.05) is 85.1 Å². The van der Waals surface area contributed by atoms with Crippen LogP contribution in [0.2, 0.25) is 52.4 Å². The van der Waals surface area contributed by atoms with Crippen molar-refractivity contribution in [2.24, 2.45) is 71.0 Å². The van der Waals surface area contributed by atoms with Crippen LogP contribution in [0.15, 0.2) is 0 Å². The summed E-state index contributed by atoms with van der Waals surface area (Å²) >= 11 is 0. The van der Waals surface area contributed by atoms with Crippen molar-refractivity contribution < 1.29 is 113 Å². The van der Waals surface area contributed by atoms with Crippen LogP contribution in [0.3, 0.4) is 0 Å². The number of rotatable bonds is 13. The van der Waals surface area contributed by atoms with Crippen molar-refractivity contribution in [3.8, 4) is 0 Å². The minimum absolute atomic E-state index is 0. The van der Waals surface area contributed by atoms with Gasteiger partial charge in [0.1, 0.15) is 11.7 Å². The SMILES string of the molecule is C.C.C.C.C.C.C.C.CC(C)(C)OC(=O)OC(CC1CC2CCC1C2)C(F)(F)F.CC(O)(CC1CC2CCC1C2)C(F)(F)F.CO[SiH](C)C.CO[SiH](C)C.CO[SiH](C)C.CO[SiH](C)C.OC(CC1CC2CCC1C2)(C(F)(F)F)C(F)(F)F.OC(CC1CC2CCC1C2)C(F)(F)F. The topological polar surface area (TPSA) is 133 Å². The van der Waals surface area contributed by atoms with E-state index in [-0.39, 0.29) is 108 Å². The van der Waals surface area contributed by atoms with Crippen LogP contribution in [0.5, 0.6) is 0 Å². The quantitative estimate of drug-likeness (QED) is 0.0930. The highest BCUT2D eigenvalue weighted by molar-refractivity contribution is 6.49. The molecule has 0 aromatic rings. The maximum atomic E-state index is 13.1. The molecule has 3 N–H and O–H groups in total. The Bertz CT molecular complexity index is 1900. The summed E-state index contributed by atoms with van der Waals surface area (Å²) < 4.78 is 217. The first-order valence-electron chi connectivity index (χ1n) is 31.4. The van der Waals surface area contributed by atoms with Crippen molar-refractivity contribution >= 4 is 42.3 Å². The van der Waals surface area contributed by atoms with Gasteiger partial charge in [0, 0.05) is 28.4 Å². The second-order valence-electron chi connectivity index (χ2n) is 28.1. The van der Waals surface area contributed by atoms with Gasteiger partial charge >= 0.3 is 37.0 Å². The predicted molar refractivity (Wildman–Crippen MR) is 375 cm³/mol. The van der Waals surface area contributed by atoms with E-state index in [9.17, 15) is 75.8 Å². The van der Waals surface area contributed by atoms with E-state index in [0.29, 0.717) is 54.8 Å². The van der Waals surface area contributed by atoms with Crippen molar-refractivity contribution in [3.63, 3.8) is 0 Å². The molecule has 15 atom stereocenters. The molecule has 0 spiro atoms. The third-order valence-corrected chi connectivity index (χ3v) is 22.4. The van der Waals surface area contributed by atoms with Gasteiger partial charge < -0.3 is 42.5 Å². The van der Waals surface area contributed by atoms with E-state index in [2.05, 4.69) is 57.1 Å². The second kappa shape index (κ2) is 48.0. The molecule has 10 nitrogen and oxygen atoms in total. The van der Waals surface area contributed by atoms with E-state index in [4.69, 9.17) is 32.7 Å². The fraction of sp³-hybridized carbons (Fsp3) is 0.985. The average Bonchev–Trinajstić information content (AvgIpc) is 1.18. The van der Waals surface area contributed by atoms with Crippen LogP contribution < -0.4 is 0 Å². The van der Waals surface area contributed by atoms with Crippen molar-refractivity contribution in [1.82, 2.24) is 0 Å². The molecule has 0 aromatic carbocycles. The minimum atomic E-state index is -5.67. The summed E-state index contributed by atoms with van der Waals surface area (Å²) in [4.78, 5) is 11.5. The molecule has 0 aliphatic heterocycles. The van der Waals surface area contributed by atoms with Gasteiger partial charge in [0.25, 0.3) is 5.60 Å². The summed E-state index contributed by atoms with van der Waals surface area (Å²) in [5, 5.41) is 27.5. The number of carbonyl (C=O) groups excluding carboxylic acids is 1. The Balaban J connectivity index is -0.000000160. The summed E-state index contributed by atoms with van der Waals surface area (Å²) in [6.45, 7) is 22.8. The van der Waals surface area contributed by atoms with Crippen molar-refractivity contribution in [2.45, 2.75) is 328 Å². The van der Waals surface area contributed by atoms with Crippen molar-refractivity contribution in [1.29, 1.82) is 0 Å². The molecule has 8 aliphatic rings. The van der Waals surface area contributed by atoms with Crippen LogP contribution >= 0.6 is 0 Å². The maximum absolute atomic E-state index is 13.1. The molecule has 8 saturated carbocycles. The molecular formula is C67H141F15O10Si4. The second-order valence-corrected chi connectivity index (χ2v) is 38.3. The molecule has 0 amide bonds. The summed E-state index contributed by atoms with van der Waals surface area (Å²) in [5.41, 5.74) is -7.92. The Hall–Kier alpha value is -1.19. The molecule has 0 heterocycles. The molecule has 8 fully saturated rings. The number of carbonyl (C=O) groups is 1. The molecule has 8 aliphatic carbocycles. The fourth-order valence-corrected chi connectivity index (χ4v) is 13.3. The lowest BCUT2D eigenvalue weighted by atomic mass is 9.79. The van der Waals surface area contributed by atoms with Gasteiger partial charge in [-0.3, -0.25) is 0 Å². The first kappa shape index (κ1) is 111. The highest BCUT2D eigenvalue weighted by atomic mass is 28.3. The summed E-state index contributed by atoms with van der Waals surface area (Å²) in [5.74, 6) is 2.78. The smallest absolute Gasteiger partial charge is 0.429 e. The average molecular weight is 1500 g/mol. The number of halogens is 15. The largest absolute Gasteiger partial charge is 0.509 e. The standard InChI is InChI=1S/C15H23F3O3.C11H14F6O.C11H17F3O.C10H15F3O.4C3H10OSi.8CH4/c1-14(2,3)21-13(19)20-12(15(16,17)18)8-11-7-9-4-5-10(11)6-9;12-10(13,14)9(18,11(15,16)17)5-8-4-6-1-2-7(8)3-6;1-10(15,11(12,13)14)6-9-5-7-2-3-8(9)4-7;11-10(12,13)9(14)5-8-4-6-1-2-7(8)3-6;4*1-4-5(2)3;;;;;;;;/h9-12H,4-8H2,1-3H3;6-8,18H,1-5H2;7-9,15H,2-6H2,1H3;6-9,14H,1-5H2;4*5H,1-3H3;8*1H4. The van der Waals surface area contributed by atoms with Gasteiger partial charge in [0.2, 0.25) is 6.10 Å².